The molecule has 0 amide bonds. The molecular weight excluding hydrogens is 174 g/mol. The smallest absolute Gasteiger partial charge is 0.0587 e. The lowest BCUT2D eigenvalue weighted by Crippen LogP contribution is -2.43. The van der Waals surface area contributed by atoms with Gasteiger partial charge >= 0.3 is 0 Å². The molecule has 0 aliphatic carbocycles. The largest absolute Gasteiger partial charge is 0.395 e. The van der Waals surface area contributed by atoms with Crippen molar-refractivity contribution in [1.29, 1.82) is 0 Å². The maximum Gasteiger partial charge on any atom is 0.0587 e. The Bertz CT molecular complexity index is 119. The van der Waals surface area contributed by atoms with Crippen LogP contribution >= 0.6 is 0 Å². The lowest BCUT2D eigenvalue weighted by Gasteiger charge is -2.26. The topological polar surface area (TPSA) is 32.3 Å². The minimum absolute atomic E-state index is 0.252. The average molecular weight is 201 g/mol. The number of aliphatic hydroxyl groups is 1. The van der Waals surface area contributed by atoms with Gasteiger partial charge in [-0.25, -0.2) is 0 Å². The molecule has 0 fully saturated rings. The molecule has 0 aromatic heterocycles. The summed E-state index contributed by atoms with van der Waals surface area (Å²) in [6.45, 7) is 8.99. The maximum atomic E-state index is 9.22. The van der Waals surface area contributed by atoms with E-state index in [0.717, 1.165) is 0 Å². The highest BCUT2D eigenvalue weighted by Crippen LogP contribution is 2.09. The normalized spacial score (nSPS) is 13.9. The van der Waals surface area contributed by atoms with E-state index in [1.54, 1.807) is 0 Å². The molecule has 0 spiro atoms. The van der Waals surface area contributed by atoms with Gasteiger partial charge in [0.05, 0.1) is 6.61 Å². The molecule has 0 unspecified atom stereocenters. The molecule has 0 bridgehead atoms. The molecule has 2 heteroatoms. The van der Waals surface area contributed by atoms with E-state index >= 15 is 0 Å². The number of rotatable bonds is 8. The lowest BCUT2D eigenvalue weighted by atomic mass is 10.0. The van der Waals surface area contributed by atoms with E-state index in [2.05, 4.69) is 33.0 Å². The molecule has 0 radical (unpaired) electrons. The van der Waals surface area contributed by atoms with E-state index < -0.39 is 0 Å². The van der Waals surface area contributed by atoms with Crippen LogP contribution in [0.15, 0.2) is 0 Å². The Morgan fingerprint density at radius 3 is 1.86 bits per heavy atom. The van der Waals surface area contributed by atoms with E-state index in [-0.39, 0.29) is 12.6 Å². The highest BCUT2D eigenvalue weighted by atomic mass is 16.3. The van der Waals surface area contributed by atoms with Gasteiger partial charge in [-0.2, -0.15) is 0 Å². The second-order valence-corrected chi connectivity index (χ2v) is 4.47. The van der Waals surface area contributed by atoms with Crippen molar-refractivity contribution in [3.05, 3.63) is 0 Å². The van der Waals surface area contributed by atoms with Crippen molar-refractivity contribution >= 4 is 0 Å². The Kier molecular flexibility index (Phi) is 8.20. The van der Waals surface area contributed by atoms with Gasteiger partial charge in [-0.3, -0.25) is 0 Å². The Labute approximate surface area is 89.1 Å². The summed E-state index contributed by atoms with van der Waals surface area (Å²) >= 11 is 0. The fourth-order valence-electron chi connectivity index (χ4n) is 1.77. The molecule has 1 atom stereocenters. The zero-order valence-electron chi connectivity index (χ0n) is 10.2. The third kappa shape index (κ3) is 5.61. The summed E-state index contributed by atoms with van der Waals surface area (Å²) in [6, 6.07) is 0.850. The predicted molar refractivity (Wildman–Crippen MR) is 62.5 cm³/mol. The number of aliphatic hydroxyl groups excluding tert-OH is 1. The minimum Gasteiger partial charge on any atom is -0.395 e. The fraction of sp³-hybridized carbons (Fsp3) is 1.00. The third-order valence-corrected chi connectivity index (χ3v) is 2.73. The molecule has 86 valence electrons. The van der Waals surface area contributed by atoms with Crippen LogP contribution in [-0.2, 0) is 0 Å². The summed E-state index contributed by atoms with van der Waals surface area (Å²) < 4.78 is 0. The van der Waals surface area contributed by atoms with E-state index in [4.69, 9.17) is 0 Å². The zero-order chi connectivity index (χ0) is 11.0. The van der Waals surface area contributed by atoms with Crippen LogP contribution in [0.25, 0.3) is 0 Å². The maximum absolute atomic E-state index is 9.22. The quantitative estimate of drug-likeness (QED) is 0.632. The van der Waals surface area contributed by atoms with Crippen molar-refractivity contribution in [2.75, 3.05) is 6.61 Å². The summed E-state index contributed by atoms with van der Waals surface area (Å²) in [5.41, 5.74) is 0. The van der Waals surface area contributed by atoms with Gasteiger partial charge in [0, 0.05) is 12.1 Å². The Balaban J connectivity index is 3.96. The SMILES string of the molecule is CCCC(CCC)N[C@H](CO)C(C)C. The Hall–Kier alpha value is -0.0800. The summed E-state index contributed by atoms with van der Waals surface area (Å²) in [4.78, 5) is 0. The van der Waals surface area contributed by atoms with Crippen LogP contribution < -0.4 is 5.32 Å². The molecule has 2 nitrogen and oxygen atoms in total. The second-order valence-electron chi connectivity index (χ2n) is 4.47. The molecule has 0 aliphatic heterocycles. The number of nitrogens with one attached hydrogen (secondary N) is 1. The molecule has 0 aliphatic rings. The first kappa shape index (κ1) is 13.9. The summed E-state index contributed by atoms with van der Waals surface area (Å²) in [5.74, 6) is 0.510. The number of hydrogen-bond donors (Lipinski definition) is 2. The Morgan fingerprint density at radius 2 is 1.57 bits per heavy atom. The monoisotopic (exact) mass is 201 g/mol. The van der Waals surface area contributed by atoms with Gasteiger partial charge in [-0.05, 0) is 18.8 Å². The molecular formula is C12H27NO. The van der Waals surface area contributed by atoms with Crippen LogP contribution in [0, 0.1) is 5.92 Å². The van der Waals surface area contributed by atoms with Crippen molar-refractivity contribution in [3.8, 4) is 0 Å². The van der Waals surface area contributed by atoms with Gasteiger partial charge in [0.1, 0.15) is 0 Å². The molecule has 2 N–H and O–H groups in total. The van der Waals surface area contributed by atoms with Crippen LogP contribution in [0.2, 0.25) is 0 Å². The standard InChI is InChI=1S/C12H27NO/c1-5-7-11(8-6-2)13-12(9-14)10(3)4/h10-14H,5-9H2,1-4H3/t12-/m1/s1. The van der Waals surface area contributed by atoms with E-state index in [1.165, 1.54) is 25.7 Å². The second kappa shape index (κ2) is 8.25. The molecule has 0 saturated heterocycles. The van der Waals surface area contributed by atoms with Crippen molar-refractivity contribution in [1.82, 2.24) is 5.32 Å². The molecule has 0 heterocycles. The van der Waals surface area contributed by atoms with E-state index in [1.807, 2.05) is 0 Å². The van der Waals surface area contributed by atoms with Gasteiger partial charge < -0.3 is 10.4 Å². The van der Waals surface area contributed by atoms with Gasteiger partial charge in [0.15, 0.2) is 0 Å². The average Bonchev–Trinajstić information content (AvgIpc) is 2.14. The third-order valence-electron chi connectivity index (χ3n) is 2.73. The summed E-state index contributed by atoms with van der Waals surface area (Å²) in [6.07, 6.45) is 4.87. The number of hydrogen-bond acceptors (Lipinski definition) is 2. The molecule has 14 heavy (non-hydrogen) atoms. The van der Waals surface area contributed by atoms with Gasteiger partial charge in [-0.15, -0.1) is 0 Å². The first-order chi connectivity index (χ1) is 6.65. The molecule has 0 aromatic carbocycles. The van der Waals surface area contributed by atoms with Crippen molar-refractivity contribution in [3.63, 3.8) is 0 Å². The highest BCUT2D eigenvalue weighted by Gasteiger charge is 2.16. The zero-order valence-corrected chi connectivity index (χ0v) is 10.2. The molecule has 0 saturated carbocycles. The lowest BCUT2D eigenvalue weighted by molar-refractivity contribution is 0.194. The highest BCUT2D eigenvalue weighted by molar-refractivity contribution is 4.75. The van der Waals surface area contributed by atoms with Crippen LogP contribution in [0.4, 0.5) is 0 Å². The van der Waals surface area contributed by atoms with Crippen molar-refractivity contribution in [2.24, 2.45) is 5.92 Å². The van der Waals surface area contributed by atoms with Gasteiger partial charge in [-0.1, -0.05) is 40.5 Å². The fourth-order valence-corrected chi connectivity index (χ4v) is 1.77. The van der Waals surface area contributed by atoms with Gasteiger partial charge in [0.2, 0.25) is 0 Å². The first-order valence-corrected chi connectivity index (χ1v) is 6.02. The van der Waals surface area contributed by atoms with Crippen LogP contribution in [0.5, 0.6) is 0 Å². The van der Waals surface area contributed by atoms with Crippen molar-refractivity contribution in [2.45, 2.75) is 65.5 Å². The minimum atomic E-state index is 0.252. The Morgan fingerprint density at radius 1 is 1.07 bits per heavy atom. The van der Waals surface area contributed by atoms with E-state index in [0.29, 0.717) is 12.0 Å². The predicted octanol–water partition coefficient (Wildman–Crippen LogP) is 2.56. The van der Waals surface area contributed by atoms with Gasteiger partial charge in [0.25, 0.3) is 0 Å². The summed E-state index contributed by atoms with van der Waals surface area (Å²) in [5, 5.41) is 12.8. The van der Waals surface area contributed by atoms with Crippen LogP contribution in [0.1, 0.15) is 53.4 Å². The van der Waals surface area contributed by atoms with Crippen LogP contribution in [0.3, 0.4) is 0 Å². The first-order valence-electron chi connectivity index (χ1n) is 6.02. The molecule has 0 rings (SSSR count). The summed E-state index contributed by atoms with van der Waals surface area (Å²) in [7, 11) is 0. The van der Waals surface area contributed by atoms with E-state index in [9.17, 15) is 5.11 Å². The van der Waals surface area contributed by atoms with Crippen LogP contribution in [-0.4, -0.2) is 23.8 Å². The molecule has 0 aromatic rings. The van der Waals surface area contributed by atoms with Crippen molar-refractivity contribution < 1.29 is 5.11 Å².